The Morgan fingerprint density at radius 2 is 1.64 bits per heavy atom. The Balaban J connectivity index is 1.65. The van der Waals surface area contributed by atoms with Crippen molar-refractivity contribution < 1.29 is 4.74 Å². The van der Waals surface area contributed by atoms with Crippen molar-refractivity contribution >= 4 is 0 Å². The van der Waals surface area contributed by atoms with Crippen LogP contribution < -0.4 is 10.1 Å². The zero-order chi connectivity index (χ0) is 17.5. The molecule has 3 rings (SSSR count). The van der Waals surface area contributed by atoms with E-state index < -0.39 is 0 Å². The highest BCUT2D eigenvalue weighted by atomic mass is 16.5. The Bertz CT molecular complexity index is 630. The largest absolute Gasteiger partial charge is 0.497 e. The highest BCUT2D eigenvalue weighted by Gasteiger charge is 2.22. The highest BCUT2D eigenvalue weighted by molar-refractivity contribution is 5.29. The monoisotopic (exact) mass is 338 g/mol. The van der Waals surface area contributed by atoms with Gasteiger partial charge in [-0.2, -0.15) is 0 Å². The molecule has 2 aromatic carbocycles. The maximum atomic E-state index is 5.31. The van der Waals surface area contributed by atoms with Gasteiger partial charge in [0, 0.05) is 19.1 Å². The average Bonchev–Trinajstić information content (AvgIpc) is 2.67. The zero-order valence-corrected chi connectivity index (χ0v) is 15.5. The summed E-state index contributed by atoms with van der Waals surface area (Å²) in [6.07, 6.45) is 3.98. The fourth-order valence-corrected chi connectivity index (χ4v) is 3.57. The van der Waals surface area contributed by atoms with E-state index in [1.54, 1.807) is 7.11 Å². The first-order chi connectivity index (χ1) is 12.3. The molecule has 0 spiro atoms. The van der Waals surface area contributed by atoms with Crippen molar-refractivity contribution in [2.24, 2.45) is 0 Å². The number of aryl methyl sites for hydroxylation is 1. The molecule has 1 saturated heterocycles. The molecule has 0 aromatic heterocycles. The topological polar surface area (TPSA) is 24.5 Å². The lowest BCUT2D eigenvalue weighted by molar-refractivity contribution is 0.160. The van der Waals surface area contributed by atoms with Gasteiger partial charge < -0.3 is 10.1 Å². The van der Waals surface area contributed by atoms with Gasteiger partial charge in [-0.15, -0.1) is 0 Å². The van der Waals surface area contributed by atoms with E-state index in [2.05, 4.69) is 65.7 Å². The molecule has 0 amide bonds. The van der Waals surface area contributed by atoms with Crippen molar-refractivity contribution in [2.75, 3.05) is 26.7 Å². The van der Waals surface area contributed by atoms with E-state index in [1.807, 2.05) is 0 Å². The van der Waals surface area contributed by atoms with Crippen LogP contribution in [0.15, 0.2) is 48.5 Å². The second kappa shape index (κ2) is 9.02. The van der Waals surface area contributed by atoms with E-state index in [0.717, 1.165) is 18.8 Å². The molecule has 3 nitrogen and oxygen atoms in total. The number of piperidine rings is 1. The van der Waals surface area contributed by atoms with Gasteiger partial charge in [-0.05, 0) is 56.1 Å². The molecule has 1 fully saturated rings. The van der Waals surface area contributed by atoms with Crippen LogP contribution in [0.3, 0.4) is 0 Å². The molecule has 1 aliphatic rings. The van der Waals surface area contributed by atoms with E-state index in [-0.39, 0.29) is 0 Å². The van der Waals surface area contributed by atoms with Crippen LogP contribution in [0.1, 0.15) is 42.0 Å². The lowest BCUT2D eigenvalue weighted by atomic mass is 10.0. The fraction of sp³-hybridized carbons (Fsp3) is 0.455. The summed E-state index contributed by atoms with van der Waals surface area (Å²) in [4.78, 5) is 2.63. The zero-order valence-electron chi connectivity index (χ0n) is 15.5. The first kappa shape index (κ1) is 18.0. The minimum absolute atomic E-state index is 0.427. The minimum atomic E-state index is 0.427. The number of hydrogen-bond donors (Lipinski definition) is 1. The van der Waals surface area contributed by atoms with E-state index in [4.69, 9.17) is 4.74 Å². The number of hydrogen-bond acceptors (Lipinski definition) is 3. The summed E-state index contributed by atoms with van der Waals surface area (Å²) in [6.45, 7) is 6.42. The van der Waals surface area contributed by atoms with Gasteiger partial charge in [-0.25, -0.2) is 0 Å². The van der Waals surface area contributed by atoms with Crippen LogP contribution in [0.25, 0.3) is 0 Å². The van der Waals surface area contributed by atoms with Crippen molar-refractivity contribution in [3.8, 4) is 5.75 Å². The molecule has 134 valence electrons. The smallest absolute Gasteiger partial charge is 0.118 e. The van der Waals surface area contributed by atoms with Gasteiger partial charge in [0.25, 0.3) is 0 Å². The average molecular weight is 338 g/mol. The Morgan fingerprint density at radius 3 is 2.28 bits per heavy atom. The molecule has 3 heteroatoms. The Hall–Kier alpha value is -1.84. The number of nitrogens with one attached hydrogen (secondary N) is 1. The molecule has 0 aliphatic carbocycles. The summed E-state index contributed by atoms with van der Waals surface area (Å²) in [5, 5.41) is 3.67. The maximum Gasteiger partial charge on any atom is 0.118 e. The van der Waals surface area contributed by atoms with Crippen LogP contribution in [0.4, 0.5) is 0 Å². The molecule has 0 bridgehead atoms. The summed E-state index contributed by atoms with van der Waals surface area (Å²) in [5.41, 5.74) is 4.03. The van der Waals surface area contributed by atoms with Crippen molar-refractivity contribution in [3.63, 3.8) is 0 Å². The van der Waals surface area contributed by atoms with Gasteiger partial charge >= 0.3 is 0 Å². The molecule has 2 aromatic rings. The van der Waals surface area contributed by atoms with Gasteiger partial charge in [0.05, 0.1) is 7.11 Å². The summed E-state index contributed by atoms with van der Waals surface area (Å²) in [7, 11) is 1.72. The minimum Gasteiger partial charge on any atom is -0.497 e. The molecule has 1 heterocycles. The molecule has 1 unspecified atom stereocenters. The number of methoxy groups -OCH3 is 1. The van der Waals surface area contributed by atoms with E-state index in [1.165, 1.54) is 49.0 Å². The van der Waals surface area contributed by atoms with Crippen LogP contribution in [0, 0.1) is 6.92 Å². The first-order valence-corrected chi connectivity index (χ1v) is 9.40. The SMILES string of the molecule is COc1ccc(C(CNCc2ccc(C)cc2)N2CCCCC2)cc1. The van der Waals surface area contributed by atoms with Gasteiger partial charge in [-0.3, -0.25) is 4.90 Å². The summed E-state index contributed by atoms with van der Waals surface area (Å²) in [6, 6.07) is 17.8. The van der Waals surface area contributed by atoms with Crippen LogP contribution in [-0.4, -0.2) is 31.6 Å². The number of nitrogens with zero attached hydrogens (tertiary/aromatic N) is 1. The molecule has 1 N–H and O–H groups in total. The third kappa shape index (κ3) is 5.07. The number of likely N-dealkylation sites (tertiary alicyclic amines) is 1. The lowest BCUT2D eigenvalue weighted by Crippen LogP contribution is -2.39. The van der Waals surface area contributed by atoms with Gasteiger partial charge in [-0.1, -0.05) is 48.4 Å². The molecule has 1 atom stereocenters. The molecule has 25 heavy (non-hydrogen) atoms. The second-order valence-electron chi connectivity index (χ2n) is 7.00. The molecular weight excluding hydrogens is 308 g/mol. The predicted octanol–water partition coefficient (Wildman–Crippen LogP) is 4.32. The van der Waals surface area contributed by atoms with E-state index in [0.29, 0.717) is 6.04 Å². The third-order valence-corrected chi connectivity index (χ3v) is 5.12. The summed E-state index contributed by atoms with van der Waals surface area (Å²) in [5.74, 6) is 0.925. The van der Waals surface area contributed by atoms with E-state index >= 15 is 0 Å². The van der Waals surface area contributed by atoms with Gasteiger partial charge in [0.15, 0.2) is 0 Å². The Kier molecular flexibility index (Phi) is 6.48. The van der Waals surface area contributed by atoms with Gasteiger partial charge in [0.2, 0.25) is 0 Å². The Morgan fingerprint density at radius 1 is 0.960 bits per heavy atom. The van der Waals surface area contributed by atoms with Crippen LogP contribution in [0.5, 0.6) is 5.75 Å². The highest BCUT2D eigenvalue weighted by Crippen LogP contribution is 2.26. The molecule has 1 aliphatic heterocycles. The van der Waals surface area contributed by atoms with Gasteiger partial charge in [0.1, 0.15) is 5.75 Å². The van der Waals surface area contributed by atoms with Crippen LogP contribution >= 0.6 is 0 Å². The van der Waals surface area contributed by atoms with Crippen molar-refractivity contribution in [1.29, 1.82) is 0 Å². The summed E-state index contributed by atoms with van der Waals surface area (Å²) < 4.78 is 5.31. The maximum absolute atomic E-state index is 5.31. The van der Waals surface area contributed by atoms with Crippen molar-refractivity contribution in [3.05, 3.63) is 65.2 Å². The number of benzene rings is 2. The normalized spacial score (nSPS) is 16.6. The third-order valence-electron chi connectivity index (χ3n) is 5.12. The van der Waals surface area contributed by atoms with Crippen molar-refractivity contribution in [2.45, 2.75) is 38.8 Å². The van der Waals surface area contributed by atoms with E-state index in [9.17, 15) is 0 Å². The fourth-order valence-electron chi connectivity index (χ4n) is 3.57. The Labute approximate surface area is 152 Å². The molecular formula is C22H30N2O. The number of rotatable bonds is 7. The quantitative estimate of drug-likeness (QED) is 0.814. The molecule has 0 radical (unpaired) electrons. The second-order valence-corrected chi connectivity index (χ2v) is 7.00. The standard InChI is InChI=1S/C22H30N2O/c1-18-6-8-19(9-7-18)16-23-17-22(24-14-4-3-5-15-24)20-10-12-21(25-2)13-11-20/h6-13,22-23H,3-5,14-17H2,1-2H3. The summed E-state index contributed by atoms with van der Waals surface area (Å²) >= 11 is 0. The number of ether oxygens (including phenoxy) is 1. The van der Waals surface area contributed by atoms with Crippen LogP contribution in [-0.2, 0) is 6.54 Å². The van der Waals surface area contributed by atoms with Crippen molar-refractivity contribution in [1.82, 2.24) is 10.2 Å². The lowest BCUT2D eigenvalue weighted by Gasteiger charge is -2.35. The van der Waals surface area contributed by atoms with Crippen LogP contribution in [0.2, 0.25) is 0 Å². The predicted molar refractivity (Wildman–Crippen MR) is 104 cm³/mol. The molecule has 0 saturated carbocycles. The first-order valence-electron chi connectivity index (χ1n) is 9.40.